The lowest BCUT2D eigenvalue weighted by atomic mass is 9.96. The number of rotatable bonds is 9. The van der Waals surface area contributed by atoms with E-state index in [-0.39, 0.29) is 23.8 Å². The van der Waals surface area contributed by atoms with E-state index in [0.717, 1.165) is 12.8 Å². The molecule has 7 nitrogen and oxygen atoms in total. The lowest BCUT2D eigenvalue weighted by Gasteiger charge is -2.22. The lowest BCUT2D eigenvalue weighted by molar-refractivity contribution is -0.124. The van der Waals surface area contributed by atoms with Crippen molar-refractivity contribution < 1.29 is 14.4 Å². The Balaban J connectivity index is 1.96. The summed E-state index contributed by atoms with van der Waals surface area (Å²) < 4.78 is 0. The van der Waals surface area contributed by atoms with Crippen LogP contribution in [0, 0.1) is 5.92 Å². The topological polar surface area (TPSA) is 99.3 Å². The van der Waals surface area contributed by atoms with Crippen molar-refractivity contribution >= 4 is 17.8 Å². The van der Waals surface area contributed by atoms with Crippen LogP contribution in [0.5, 0.6) is 0 Å². The molecule has 0 unspecified atom stereocenters. The molecule has 4 N–H and O–H groups in total. The van der Waals surface area contributed by atoms with E-state index in [1.165, 1.54) is 19.3 Å². The fourth-order valence-electron chi connectivity index (χ4n) is 2.61. The normalized spacial score (nSPS) is 15.0. The highest BCUT2D eigenvalue weighted by Gasteiger charge is 2.15. The Morgan fingerprint density at radius 1 is 0.917 bits per heavy atom. The first kappa shape index (κ1) is 20.3. The number of urea groups is 1. The standard InChI is InChI=1S/C17H32N4O3/c1-13(2)16(23)19-12-11-18-15(22)9-6-10-20-17(24)21-14-7-4-3-5-8-14/h13-14H,3-12H2,1-2H3,(H,18,22)(H,19,23)(H2,20,21,24). The molecule has 1 rings (SSSR count). The zero-order chi connectivity index (χ0) is 17.8. The molecule has 0 saturated heterocycles. The molecule has 1 saturated carbocycles. The van der Waals surface area contributed by atoms with Gasteiger partial charge < -0.3 is 21.3 Å². The maximum atomic E-state index is 11.7. The van der Waals surface area contributed by atoms with Gasteiger partial charge in [-0.2, -0.15) is 0 Å². The lowest BCUT2D eigenvalue weighted by Crippen LogP contribution is -2.43. The van der Waals surface area contributed by atoms with E-state index in [1.54, 1.807) is 0 Å². The summed E-state index contributed by atoms with van der Waals surface area (Å²) in [5.41, 5.74) is 0. The molecule has 0 bridgehead atoms. The summed E-state index contributed by atoms with van der Waals surface area (Å²) in [6, 6.07) is 0.154. The minimum atomic E-state index is -0.140. The summed E-state index contributed by atoms with van der Waals surface area (Å²) in [7, 11) is 0. The van der Waals surface area contributed by atoms with E-state index in [4.69, 9.17) is 0 Å². The summed E-state index contributed by atoms with van der Waals surface area (Å²) in [6.45, 7) is 4.99. The minimum Gasteiger partial charge on any atom is -0.354 e. The van der Waals surface area contributed by atoms with Crippen LogP contribution in [0.25, 0.3) is 0 Å². The van der Waals surface area contributed by atoms with Gasteiger partial charge >= 0.3 is 6.03 Å². The molecular formula is C17H32N4O3. The molecule has 0 radical (unpaired) electrons. The van der Waals surface area contributed by atoms with E-state index >= 15 is 0 Å². The first-order valence-electron chi connectivity index (χ1n) is 9.08. The van der Waals surface area contributed by atoms with Crippen molar-refractivity contribution in [1.82, 2.24) is 21.3 Å². The van der Waals surface area contributed by atoms with Crippen LogP contribution in [0.1, 0.15) is 58.8 Å². The SMILES string of the molecule is CC(C)C(=O)NCCNC(=O)CCCNC(=O)NC1CCCCC1. The molecule has 7 heteroatoms. The Labute approximate surface area is 144 Å². The van der Waals surface area contributed by atoms with Crippen molar-refractivity contribution in [2.45, 2.75) is 64.8 Å². The molecule has 0 heterocycles. The van der Waals surface area contributed by atoms with Gasteiger partial charge in [-0.15, -0.1) is 0 Å². The second-order valence-electron chi connectivity index (χ2n) is 6.63. The molecule has 0 aromatic heterocycles. The fourth-order valence-corrected chi connectivity index (χ4v) is 2.61. The summed E-state index contributed by atoms with van der Waals surface area (Å²) in [5.74, 6) is -0.132. The van der Waals surface area contributed by atoms with Crippen LogP contribution in [-0.4, -0.2) is 43.5 Å². The van der Waals surface area contributed by atoms with E-state index in [0.29, 0.717) is 38.5 Å². The molecule has 0 atom stereocenters. The number of hydrogen-bond donors (Lipinski definition) is 4. The van der Waals surface area contributed by atoms with E-state index in [1.807, 2.05) is 13.8 Å². The minimum absolute atomic E-state index is 0.0163. The first-order chi connectivity index (χ1) is 11.5. The Bertz CT molecular complexity index is 407. The monoisotopic (exact) mass is 340 g/mol. The van der Waals surface area contributed by atoms with Crippen molar-refractivity contribution in [3.8, 4) is 0 Å². The van der Waals surface area contributed by atoms with Gasteiger partial charge in [-0.25, -0.2) is 4.79 Å². The van der Waals surface area contributed by atoms with Crippen LogP contribution in [-0.2, 0) is 9.59 Å². The van der Waals surface area contributed by atoms with Crippen LogP contribution in [0.4, 0.5) is 4.79 Å². The molecule has 0 aromatic rings. The zero-order valence-electron chi connectivity index (χ0n) is 15.0. The molecule has 138 valence electrons. The smallest absolute Gasteiger partial charge is 0.315 e. The fraction of sp³-hybridized carbons (Fsp3) is 0.824. The molecule has 0 aliphatic heterocycles. The van der Waals surface area contributed by atoms with Crippen LogP contribution in [0.2, 0.25) is 0 Å². The molecule has 1 aliphatic rings. The molecule has 4 amide bonds. The summed E-state index contributed by atoms with van der Waals surface area (Å²) in [4.78, 5) is 34.7. The summed E-state index contributed by atoms with van der Waals surface area (Å²) >= 11 is 0. The molecular weight excluding hydrogens is 308 g/mol. The van der Waals surface area contributed by atoms with Crippen molar-refractivity contribution in [2.24, 2.45) is 5.92 Å². The van der Waals surface area contributed by atoms with Gasteiger partial charge in [-0.1, -0.05) is 33.1 Å². The van der Waals surface area contributed by atoms with Gasteiger partial charge in [0.1, 0.15) is 0 Å². The van der Waals surface area contributed by atoms with Crippen LogP contribution in [0.3, 0.4) is 0 Å². The van der Waals surface area contributed by atoms with Crippen molar-refractivity contribution in [2.75, 3.05) is 19.6 Å². The maximum absolute atomic E-state index is 11.7. The highest BCUT2D eigenvalue weighted by Crippen LogP contribution is 2.17. The van der Waals surface area contributed by atoms with Gasteiger partial charge in [0.15, 0.2) is 0 Å². The van der Waals surface area contributed by atoms with Crippen molar-refractivity contribution in [3.05, 3.63) is 0 Å². The molecule has 24 heavy (non-hydrogen) atoms. The largest absolute Gasteiger partial charge is 0.354 e. The predicted molar refractivity (Wildman–Crippen MR) is 93.5 cm³/mol. The summed E-state index contributed by atoms with van der Waals surface area (Å²) in [6.07, 6.45) is 6.71. The number of nitrogens with one attached hydrogen (secondary N) is 4. The van der Waals surface area contributed by atoms with E-state index < -0.39 is 0 Å². The van der Waals surface area contributed by atoms with Crippen molar-refractivity contribution in [1.29, 1.82) is 0 Å². The van der Waals surface area contributed by atoms with E-state index in [9.17, 15) is 14.4 Å². The quantitative estimate of drug-likeness (QED) is 0.476. The maximum Gasteiger partial charge on any atom is 0.315 e. The van der Waals surface area contributed by atoms with Gasteiger partial charge in [0.2, 0.25) is 11.8 Å². The zero-order valence-corrected chi connectivity index (χ0v) is 15.0. The molecule has 1 aliphatic carbocycles. The first-order valence-corrected chi connectivity index (χ1v) is 9.08. The van der Waals surface area contributed by atoms with E-state index in [2.05, 4.69) is 21.3 Å². The Morgan fingerprint density at radius 2 is 1.58 bits per heavy atom. The van der Waals surface area contributed by atoms with Crippen LogP contribution in [0.15, 0.2) is 0 Å². The van der Waals surface area contributed by atoms with Gasteiger partial charge in [0.05, 0.1) is 0 Å². The van der Waals surface area contributed by atoms with Crippen LogP contribution < -0.4 is 21.3 Å². The average Bonchev–Trinajstić information content (AvgIpc) is 2.56. The van der Waals surface area contributed by atoms with Gasteiger partial charge in [0.25, 0.3) is 0 Å². The number of amides is 4. The molecule has 1 fully saturated rings. The number of carbonyl (C=O) groups excluding carboxylic acids is 3. The second-order valence-corrected chi connectivity index (χ2v) is 6.63. The van der Waals surface area contributed by atoms with Gasteiger partial charge in [-0.3, -0.25) is 9.59 Å². The Kier molecular flexibility index (Phi) is 9.88. The Morgan fingerprint density at radius 3 is 2.25 bits per heavy atom. The second kappa shape index (κ2) is 11.7. The highest BCUT2D eigenvalue weighted by molar-refractivity contribution is 5.78. The number of hydrogen-bond acceptors (Lipinski definition) is 3. The molecule has 0 spiro atoms. The predicted octanol–water partition coefficient (Wildman–Crippen LogP) is 1.29. The van der Waals surface area contributed by atoms with Crippen LogP contribution >= 0.6 is 0 Å². The van der Waals surface area contributed by atoms with Gasteiger partial charge in [-0.05, 0) is 19.3 Å². The van der Waals surface area contributed by atoms with Gasteiger partial charge in [0, 0.05) is 38.0 Å². The number of carbonyl (C=O) groups is 3. The Hall–Kier alpha value is -1.79. The average molecular weight is 340 g/mol. The third-order valence-corrected chi connectivity index (χ3v) is 4.08. The highest BCUT2D eigenvalue weighted by atomic mass is 16.2. The third-order valence-electron chi connectivity index (χ3n) is 4.08. The molecule has 0 aromatic carbocycles. The van der Waals surface area contributed by atoms with Crippen molar-refractivity contribution in [3.63, 3.8) is 0 Å². The summed E-state index contributed by atoms with van der Waals surface area (Å²) in [5, 5.41) is 11.3. The third kappa shape index (κ3) is 9.37.